The van der Waals surface area contributed by atoms with E-state index in [0.29, 0.717) is 42.9 Å². The Morgan fingerprint density at radius 2 is 1.83 bits per heavy atom. The van der Waals surface area contributed by atoms with Crippen molar-refractivity contribution in [2.24, 2.45) is 5.92 Å². The van der Waals surface area contributed by atoms with Crippen molar-refractivity contribution in [2.45, 2.75) is 31.5 Å². The summed E-state index contributed by atoms with van der Waals surface area (Å²) in [5, 5.41) is 0. The summed E-state index contributed by atoms with van der Waals surface area (Å²) in [6, 6.07) is 5.41. The topological polar surface area (TPSA) is 61.8 Å². The Morgan fingerprint density at radius 1 is 1.12 bits per heavy atom. The van der Waals surface area contributed by atoms with Crippen LogP contribution in [0.5, 0.6) is 5.75 Å². The second-order valence-electron chi connectivity index (χ2n) is 6.47. The maximum Gasteiger partial charge on any atom is 0.223 e. The van der Waals surface area contributed by atoms with E-state index in [9.17, 15) is 9.59 Å². The molecule has 5 heteroatoms. The molecule has 1 aromatic carbocycles. The summed E-state index contributed by atoms with van der Waals surface area (Å²) >= 11 is 0. The number of ketones is 2. The van der Waals surface area contributed by atoms with Crippen molar-refractivity contribution in [3.05, 3.63) is 41.0 Å². The number of carbonyl (C=O) groups is 2. The summed E-state index contributed by atoms with van der Waals surface area (Å²) in [6.07, 6.45) is 4.22. The van der Waals surface area contributed by atoms with Crippen molar-refractivity contribution in [2.75, 3.05) is 20.3 Å². The molecular formula is C19H20O5. The second-order valence-corrected chi connectivity index (χ2v) is 6.47. The van der Waals surface area contributed by atoms with Gasteiger partial charge in [-0.05, 0) is 30.9 Å². The highest BCUT2D eigenvalue weighted by Crippen LogP contribution is 2.51. The molecule has 0 atom stereocenters. The molecule has 1 saturated carbocycles. The van der Waals surface area contributed by atoms with Crippen LogP contribution in [0, 0.1) is 5.92 Å². The molecule has 1 aliphatic heterocycles. The minimum Gasteiger partial charge on any atom is -0.496 e. The van der Waals surface area contributed by atoms with Gasteiger partial charge < -0.3 is 14.2 Å². The van der Waals surface area contributed by atoms with Crippen LogP contribution in [-0.2, 0) is 20.1 Å². The molecule has 1 aromatic rings. The molecule has 24 heavy (non-hydrogen) atoms. The van der Waals surface area contributed by atoms with E-state index in [1.165, 1.54) is 0 Å². The number of ether oxygens (including phenoxy) is 3. The average Bonchev–Trinajstić information content (AvgIpc) is 3.09. The van der Waals surface area contributed by atoms with E-state index in [4.69, 9.17) is 14.2 Å². The first-order chi connectivity index (χ1) is 11.7. The van der Waals surface area contributed by atoms with Gasteiger partial charge in [-0.25, -0.2) is 0 Å². The SMILES string of the molecule is COc1cccc2c1C1(OCCO1)C(C1CCC(=O)CC1)=CC2=O. The van der Waals surface area contributed by atoms with E-state index in [0.717, 1.165) is 18.4 Å². The average molecular weight is 328 g/mol. The zero-order chi connectivity index (χ0) is 16.7. The molecule has 0 bridgehead atoms. The highest BCUT2D eigenvalue weighted by molar-refractivity contribution is 6.08. The number of fused-ring (bicyclic) bond motifs is 2. The molecule has 0 radical (unpaired) electrons. The van der Waals surface area contributed by atoms with Crippen molar-refractivity contribution in [1.82, 2.24) is 0 Å². The first-order valence-corrected chi connectivity index (χ1v) is 8.39. The predicted octanol–water partition coefficient (Wildman–Crippen LogP) is 2.78. The Bertz CT molecular complexity index is 717. The van der Waals surface area contributed by atoms with E-state index >= 15 is 0 Å². The van der Waals surface area contributed by atoms with Gasteiger partial charge in [0.05, 0.1) is 25.9 Å². The molecular weight excluding hydrogens is 308 g/mol. The molecule has 0 unspecified atom stereocenters. The Labute approximate surface area is 140 Å². The van der Waals surface area contributed by atoms with Crippen LogP contribution in [0.15, 0.2) is 29.8 Å². The number of hydrogen-bond acceptors (Lipinski definition) is 5. The largest absolute Gasteiger partial charge is 0.496 e. The van der Waals surface area contributed by atoms with Crippen LogP contribution in [0.3, 0.4) is 0 Å². The first kappa shape index (κ1) is 15.5. The second kappa shape index (κ2) is 5.83. The summed E-state index contributed by atoms with van der Waals surface area (Å²) in [7, 11) is 1.58. The van der Waals surface area contributed by atoms with Gasteiger partial charge in [-0.1, -0.05) is 12.1 Å². The molecule has 2 aliphatic carbocycles. The molecule has 2 fully saturated rings. The van der Waals surface area contributed by atoms with E-state index in [1.54, 1.807) is 25.3 Å². The molecule has 3 aliphatic rings. The van der Waals surface area contributed by atoms with Crippen LogP contribution < -0.4 is 4.74 Å². The molecule has 4 rings (SSSR count). The fraction of sp³-hybridized carbons (Fsp3) is 0.474. The molecule has 1 spiro atoms. The van der Waals surface area contributed by atoms with Crippen LogP contribution in [-0.4, -0.2) is 31.9 Å². The Morgan fingerprint density at radius 3 is 2.50 bits per heavy atom. The number of rotatable bonds is 2. The molecule has 5 nitrogen and oxygen atoms in total. The molecule has 0 aromatic heterocycles. The lowest BCUT2D eigenvalue weighted by Gasteiger charge is -2.39. The van der Waals surface area contributed by atoms with Crippen molar-refractivity contribution in [1.29, 1.82) is 0 Å². The number of Topliss-reactive ketones (excluding diaryl/α,β-unsaturated/α-hetero) is 1. The number of methoxy groups -OCH3 is 1. The summed E-state index contributed by atoms with van der Waals surface area (Å²) in [5.74, 6) is -0.112. The lowest BCUT2D eigenvalue weighted by atomic mass is 9.74. The fourth-order valence-corrected chi connectivity index (χ4v) is 4.07. The smallest absolute Gasteiger partial charge is 0.223 e. The van der Waals surface area contributed by atoms with Gasteiger partial charge >= 0.3 is 0 Å². The third-order valence-corrected chi connectivity index (χ3v) is 5.18. The van der Waals surface area contributed by atoms with Crippen molar-refractivity contribution < 1.29 is 23.8 Å². The van der Waals surface area contributed by atoms with Gasteiger partial charge in [-0.15, -0.1) is 0 Å². The summed E-state index contributed by atoms with van der Waals surface area (Å²) in [5.41, 5.74) is 2.07. The van der Waals surface area contributed by atoms with Crippen LogP contribution >= 0.6 is 0 Å². The predicted molar refractivity (Wildman–Crippen MR) is 86.0 cm³/mol. The fourth-order valence-electron chi connectivity index (χ4n) is 4.07. The van der Waals surface area contributed by atoms with Gasteiger partial charge in [0.25, 0.3) is 0 Å². The minimum absolute atomic E-state index is 0.0551. The number of carbonyl (C=O) groups excluding carboxylic acids is 2. The van der Waals surface area contributed by atoms with Crippen LogP contribution in [0.25, 0.3) is 0 Å². The van der Waals surface area contributed by atoms with E-state index < -0.39 is 5.79 Å². The molecule has 0 N–H and O–H groups in total. The third kappa shape index (κ3) is 2.23. The standard InChI is InChI=1S/C19H20O5/c1-22-17-4-2-3-14-16(21)11-15(12-5-7-13(20)8-6-12)19(18(14)17)23-9-10-24-19/h2-4,11-12H,5-10H2,1H3. The van der Waals surface area contributed by atoms with Crippen molar-refractivity contribution in [3.63, 3.8) is 0 Å². The van der Waals surface area contributed by atoms with Gasteiger partial charge in [-0.2, -0.15) is 0 Å². The van der Waals surface area contributed by atoms with E-state index in [-0.39, 0.29) is 17.5 Å². The molecule has 1 saturated heterocycles. The lowest BCUT2D eigenvalue weighted by Crippen LogP contribution is -2.39. The molecule has 1 heterocycles. The number of hydrogen-bond donors (Lipinski definition) is 0. The van der Waals surface area contributed by atoms with Crippen LogP contribution in [0.1, 0.15) is 41.6 Å². The minimum atomic E-state index is -1.05. The van der Waals surface area contributed by atoms with Gasteiger partial charge in [0, 0.05) is 24.0 Å². The number of allylic oxidation sites excluding steroid dienone is 1. The van der Waals surface area contributed by atoms with Gasteiger partial charge in [0.1, 0.15) is 11.5 Å². The highest BCUT2D eigenvalue weighted by Gasteiger charge is 2.51. The van der Waals surface area contributed by atoms with Gasteiger partial charge in [-0.3, -0.25) is 9.59 Å². The van der Waals surface area contributed by atoms with E-state index in [2.05, 4.69) is 0 Å². The lowest BCUT2D eigenvalue weighted by molar-refractivity contribution is -0.143. The van der Waals surface area contributed by atoms with Gasteiger partial charge in [0.2, 0.25) is 5.79 Å². The molecule has 126 valence electrons. The molecule has 0 amide bonds. The number of benzene rings is 1. The summed E-state index contributed by atoms with van der Waals surface area (Å²) in [6.45, 7) is 0.934. The quantitative estimate of drug-likeness (QED) is 0.835. The monoisotopic (exact) mass is 328 g/mol. The Kier molecular flexibility index (Phi) is 3.77. The third-order valence-electron chi connectivity index (χ3n) is 5.18. The van der Waals surface area contributed by atoms with E-state index in [1.807, 2.05) is 6.07 Å². The van der Waals surface area contributed by atoms with Crippen molar-refractivity contribution in [3.8, 4) is 5.75 Å². The zero-order valence-corrected chi connectivity index (χ0v) is 13.7. The normalized spacial score (nSPS) is 23.3. The van der Waals surface area contributed by atoms with Gasteiger partial charge in [0.15, 0.2) is 5.78 Å². The summed E-state index contributed by atoms with van der Waals surface area (Å²) in [4.78, 5) is 24.3. The zero-order valence-electron chi connectivity index (χ0n) is 13.7. The van der Waals surface area contributed by atoms with Crippen LogP contribution in [0.2, 0.25) is 0 Å². The summed E-state index contributed by atoms with van der Waals surface area (Å²) < 4.78 is 17.7. The van der Waals surface area contributed by atoms with Crippen LogP contribution in [0.4, 0.5) is 0 Å². The maximum absolute atomic E-state index is 12.7. The first-order valence-electron chi connectivity index (χ1n) is 8.39. The van der Waals surface area contributed by atoms with Crippen molar-refractivity contribution >= 4 is 11.6 Å². The maximum atomic E-state index is 12.7. The highest BCUT2D eigenvalue weighted by atomic mass is 16.7. The Balaban J connectivity index is 1.85. The Hall–Kier alpha value is -1.98.